The van der Waals surface area contributed by atoms with E-state index in [1.807, 2.05) is 61.7 Å². The van der Waals surface area contributed by atoms with E-state index in [0.717, 1.165) is 16.1 Å². The maximum Gasteiger partial charge on any atom is 0.337 e. The second-order valence-corrected chi connectivity index (χ2v) is 9.09. The zero-order valence-corrected chi connectivity index (χ0v) is 19.0. The molecule has 32 heavy (non-hydrogen) atoms. The van der Waals surface area contributed by atoms with Crippen molar-refractivity contribution in [3.8, 4) is 0 Å². The predicted molar refractivity (Wildman–Crippen MR) is 120 cm³/mol. The Bertz CT molecular complexity index is 1100. The molecule has 4 rings (SSSR count). The molecule has 3 atom stereocenters. The Morgan fingerprint density at radius 1 is 1.16 bits per heavy atom. The highest BCUT2D eigenvalue weighted by Gasteiger charge is 2.47. The van der Waals surface area contributed by atoms with Gasteiger partial charge in [-0.2, -0.15) is 0 Å². The summed E-state index contributed by atoms with van der Waals surface area (Å²) in [6.45, 7) is 3.83. The number of ketones is 1. The number of carbonyl (C=O) groups is 3. The summed E-state index contributed by atoms with van der Waals surface area (Å²) in [7, 11) is 1.29. The summed E-state index contributed by atoms with van der Waals surface area (Å²) in [5.74, 6) is -2.99. The van der Waals surface area contributed by atoms with Crippen LogP contribution >= 0.6 is 11.3 Å². The van der Waals surface area contributed by atoms with Crippen LogP contribution in [0.5, 0.6) is 0 Å². The topological polar surface area (TPSA) is 81.7 Å². The lowest BCUT2D eigenvalue weighted by Crippen LogP contribution is -2.43. The number of benzene rings is 1. The molecule has 1 N–H and O–H groups in total. The number of carbonyl (C=O) groups excluding carboxylic acids is 3. The van der Waals surface area contributed by atoms with E-state index in [2.05, 4.69) is 5.32 Å². The number of allylic oxidation sites excluding steroid dienone is 3. The maximum atomic E-state index is 13.6. The Hall–Kier alpha value is -3.19. The average Bonchev–Trinajstić information content (AvgIpc) is 3.31. The van der Waals surface area contributed by atoms with Crippen LogP contribution in [0.2, 0.25) is 0 Å². The monoisotopic (exact) mass is 451 g/mol. The van der Waals surface area contributed by atoms with Crippen LogP contribution in [-0.4, -0.2) is 24.8 Å². The average molecular weight is 452 g/mol. The van der Waals surface area contributed by atoms with E-state index in [1.54, 1.807) is 0 Å². The van der Waals surface area contributed by atoms with Crippen LogP contribution in [0.4, 0.5) is 0 Å². The highest BCUT2D eigenvalue weighted by Crippen LogP contribution is 2.46. The Morgan fingerprint density at radius 2 is 1.91 bits per heavy atom. The van der Waals surface area contributed by atoms with Gasteiger partial charge in [-0.1, -0.05) is 43.3 Å². The molecular weight excluding hydrogens is 426 g/mol. The Balaban J connectivity index is 1.72. The van der Waals surface area contributed by atoms with Crippen molar-refractivity contribution in [2.75, 3.05) is 7.11 Å². The van der Waals surface area contributed by atoms with Gasteiger partial charge in [0.15, 0.2) is 5.78 Å². The summed E-state index contributed by atoms with van der Waals surface area (Å²) in [5, 5.41) is 5.18. The quantitative estimate of drug-likeness (QED) is 0.544. The number of Topliss-reactive ketones (excluding diaryl/α,β-unsaturated/α-hetero) is 1. The van der Waals surface area contributed by atoms with E-state index in [1.165, 1.54) is 18.4 Å². The number of hydrogen-bond donors (Lipinski definition) is 1. The van der Waals surface area contributed by atoms with Gasteiger partial charge in [0.05, 0.1) is 18.6 Å². The van der Waals surface area contributed by atoms with E-state index in [0.29, 0.717) is 23.3 Å². The Labute approximate surface area is 190 Å². The number of esters is 2. The first-order valence-electron chi connectivity index (χ1n) is 10.5. The minimum absolute atomic E-state index is 0.134. The predicted octanol–water partition coefficient (Wildman–Crippen LogP) is 4.10. The Morgan fingerprint density at radius 3 is 2.56 bits per heavy atom. The third-order valence-corrected chi connectivity index (χ3v) is 6.94. The van der Waals surface area contributed by atoms with Crippen molar-refractivity contribution in [3.05, 3.63) is 80.8 Å². The molecule has 0 saturated carbocycles. The van der Waals surface area contributed by atoms with Gasteiger partial charge in [-0.05, 0) is 36.3 Å². The fourth-order valence-electron chi connectivity index (χ4n) is 4.49. The molecule has 0 radical (unpaired) electrons. The summed E-state index contributed by atoms with van der Waals surface area (Å²) in [6.07, 6.45) is 0.520. The highest BCUT2D eigenvalue weighted by atomic mass is 32.1. The lowest BCUT2D eigenvalue weighted by molar-refractivity contribution is -0.151. The van der Waals surface area contributed by atoms with Gasteiger partial charge in [0, 0.05) is 21.8 Å². The molecule has 0 fully saturated rings. The van der Waals surface area contributed by atoms with Gasteiger partial charge in [-0.25, -0.2) is 4.79 Å². The second kappa shape index (κ2) is 9.12. The third-order valence-electron chi connectivity index (χ3n) is 6.00. The second-order valence-electron chi connectivity index (χ2n) is 8.11. The SMILES string of the molecule is COC(=O)[C@H]1C(=O)C2=C(C[C@H]1C)NC(C)=C(C(=O)OCc1ccccc1)[C@@H]2c1cccs1. The van der Waals surface area contributed by atoms with Gasteiger partial charge in [0.25, 0.3) is 0 Å². The molecule has 166 valence electrons. The minimum Gasteiger partial charge on any atom is -0.468 e. The molecule has 0 saturated heterocycles. The van der Waals surface area contributed by atoms with Crippen LogP contribution in [0.25, 0.3) is 0 Å². The van der Waals surface area contributed by atoms with Crippen LogP contribution in [0, 0.1) is 11.8 Å². The largest absolute Gasteiger partial charge is 0.468 e. The number of rotatable bonds is 5. The van der Waals surface area contributed by atoms with E-state index >= 15 is 0 Å². The number of ether oxygens (including phenoxy) is 2. The number of thiophene rings is 1. The maximum absolute atomic E-state index is 13.6. The standard InChI is InChI=1S/C25H25NO5S/c1-14-12-17-21(23(27)19(14)24(28)30-3)22(18-10-7-11-32-18)20(15(2)26-17)25(29)31-13-16-8-5-4-6-9-16/h4-11,14,19,22,26H,12-13H2,1-3H3/t14-,19-,22+/m1/s1. The molecule has 1 aromatic carbocycles. The van der Waals surface area contributed by atoms with Crippen molar-refractivity contribution in [2.24, 2.45) is 11.8 Å². The molecule has 0 unspecified atom stereocenters. The highest BCUT2D eigenvalue weighted by molar-refractivity contribution is 7.10. The molecule has 0 amide bonds. The van der Waals surface area contributed by atoms with Crippen LogP contribution in [0.3, 0.4) is 0 Å². The molecule has 2 heterocycles. The molecule has 1 aliphatic carbocycles. The van der Waals surface area contributed by atoms with E-state index in [-0.39, 0.29) is 18.3 Å². The Kier molecular flexibility index (Phi) is 6.28. The van der Waals surface area contributed by atoms with Gasteiger partial charge in [-0.3, -0.25) is 9.59 Å². The fourth-order valence-corrected chi connectivity index (χ4v) is 5.34. The number of nitrogens with one attached hydrogen (secondary N) is 1. The van der Waals surface area contributed by atoms with Gasteiger partial charge in [0.1, 0.15) is 12.5 Å². The van der Waals surface area contributed by atoms with Gasteiger partial charge < -0.3 is 14.8 Å². The lowest BCUT2D eigenvalue weighted by atomic mass is 9.70. The van der Waals surface area contributed by atoms with Crippen molar-refractivity contribution in [3.63, 3.8) is 0 Å². The van der Waals surface area contributed by atoms with E-state index in [9.17, 15) is 14.4 Å². The normalized spacial score (nSPS) is 22.8. The van der Waals surface area contributed by atoms with E-state index < -0.39 is 23.8 Å². The van der Waals surface area contributed by atoms with Crippen molar-refractivity contribution in [1.82, 2.24) is 5.32 Å². The van der Waals surface area contributed by atoms with Gasteiger partial charge in [-0.15, -0.1) is 11.3 Å². The van der Waals surface area contributed by atoms with Crippen LogP contribution in [0.15, 0.2) is 70.4 Å². The van der Waals surface area contributed by atoms with E-state index in [4.69, 9.17) is 9.47 Å². The minimum atomic E-state index is -0.886. The molecule has 2 aromatic rings. The molecule has 6 nitrogen and oxygen atoms in total. The number of dihydropyridines is 1. The molecule has 0 bridgehead atoms. The number of methoxy groups -OCH3 is 1. The smallest absolute Gasteiger partial charge is 0.337 e. The molecule has 7 heteroatoms. The molecule has 1 aromatic heterocycles. The molecule has 1 aliphatic heterocycles. The van der Waals surface area contributed by atoms with Crippen molar-refractivity contribution >= 4 is 29.1 Å². The molecular formula is C25H25NO5S. The van der Waals surface area contributed by atoms with Gasteiger partial charge in [0.2, 0.25) is 0 Å². The zero-order valence-electron chi connectivity index (χ0n) is 18.2. The first kappa shape index (κ1) is 22.0. The first-order chi connectivity index (χ1) is 15.4. The summed E-state index contributed by atoms with van der Waals surface area (Å²) < 4.78 is 10.6. The summed E-state index contributed by atoms with van der Waals surface area (Å²) in [5.41, 5.74) is 3.16. The van der Waals surface area contributed by atoms with Crippen LogP contribution in [-0.2, 0) is 30.5 Å². The third kappa shape index (κ3) is 4.00. The van der Waals surface area contributed by atoms with Crippen LogP contribution < -0.4 is 5.32 Å². The zero-order chi connectivity index (χ0) is 22.8. The molecule has 2 aliphatic rings. The fraction of sp³-hybridized carbons (Fsp3) is 0.320. The first-order valence-corrected chi connectivity index (χ1v) is 11.4. The lowest BCUT2D eigenvalue weighted by Gasteiger charge is -2.37. The summed E-state index contributed by atoms with van der Waals surface area (Å²) >= 11 is 1.47. The molecule has 0 spiro atoms. The van der Waals surface area contributed by atoms with Crippen LogP contribution in [0.1, 0.15) is 36.6 Å². The van der Waals surface area contributed by atoms with Crippen molar-refractivity contribution in [1.29, 1.82) is 0 Å². The van der Waals surface area contributed by atoms with Crippen molar-refractivity contribution < 1.29 is 23.9 Å². The van der Waals surface area contributed by atoms with Gasteiger partial charge >= 0.3 is 11.9 Å². The van der Waals surface area contributed by atoms with Crippen molar-refractivity contribution in [2.45, 2.75) is 32.8 Å². The number of hydrogen-bond acceptors (Lipinski definition) is 7. The summed E-state index contributed by atoms with van der Waals surface area (Å²) in [6, 6.07) is 13.2. The summed E-state index contributed by atoms with van der Waals surface area (Å²) in [4.78, 5) is 40.1.